The van der Waals surface area contributed by atoms with Crippen LogP contribution >= 0.6 is 11.3 Å². The van der Waals surface area contributed by atoms with Gasteiger partial charge in [-0.05, 0) is 23.8 Å². The summed E-state index contributed by atoms with van der Waals surface area (Å²) in [5, 5.41) is 39.2. The molecule has 0 spiro atoms. The number of thiazole rings is 1. The molecule has 1 aliphatic heterocycles. The SMILES string of the molecule is OCC1OC(Cc2ccc(-c3nc4ccc(O)cc4s3)cc2)C(F)C(O)C1O. The van der Waals surface area contributed by atoms with Crippen LogP contribution in [-0.4, -0.2) is 62.6 Å². The van der Waals surface area contributed by atoms with Crippen LogP contribution in [0.3, 0.4) is 0 Å². The van der Waals surface area contributed by atoms with E-state index in [2.05, 4.69) is 4.98 Å². The molecule has 148 valence electrons. The zero-order valence-corrected chi connectivity index (χ0v) is 15.6. The molecule has 5 unspecified atom stereocenters. The summed E-state index contributed by atoms with van der Waals surface area (Å²) in [6, 6.07) is 12.4. The van der Waals surface area contributed by atoms with Gasteiger partial charge in [-0.2, -0.15) is 0 Å². The van der Waals surface area contributed by atoms with Crippen LogP contribution in [-0.2, 0) is 11.2 Å². The largest absolute Gasteiger partial charge is 0.508 e. The van der Waals surface area contributed by atoms with E-state index < -0.39 is 37.2 Å². The van der Waals surface area contributed by atoms with Gasteiger partial charge < -0.3 is 25.2 Å². The molecule has 5 atom stereocenters. The first-order valence-electron chi connectivity index (χ1n) is 8.91. The van der Waals surface area contributed by atoms with Crippen LogP contribution in [0.5, 0.6) is 5.75 Å². The topological polar surface area (TPSA) is 103 Å². The minimum Gasteiger partial charge on any atom is -0.508 e. The molecular formula is C20H20FNO5S. The summed E-state index contributed by atoms with van der Waals surface area (Å²) < 4.78 is 20.7. The van der Waals surface area contributed by atoms with Gasteiger partial charge >= 0.3 is 0 Å². The smallest absolute Gasteiger partial charge is 0.155 e. The molecule has 0 amide bonds. The standard InChI is InChI=1S/C20H20FNO5S/c21-17-14(27-15(9-23)18(25)19(17)26)7-10-1-3-11(4-2-10)20-22-13-6-5-12(24)8-16(13)28-20/h1-6,8,14-15,17-19,23-26H,7,9H2. The lowest BCUT2D eigenvalue weighted by atomic mass is 9.92. The molecule has 2 aromatic carbocycles. The highest BCUT2D eigenvalue weighted by molar-refractivity contribution is 7.21. The lowest BCUT2D eigenvalue weighted by Gasteiger charge is -2.39. The van der Waals surface area contributed by atoms with Gasteiger partial charge in [0.25, 0.3) is 0 Å². The Morgan fingerprint density at radius 1 is 1.04 bits per heavy atom. The Morgan fingerprint density at radius 3 is 2.50 bits per heavy atom. The Kier molecular flexibility index (Phi) is 5.31. The monoisotopic (exact) mass is 405 g/mol. The Balaban J connectivity index is 1.51. The van der Waals surface area contributed by atoms with E-state index in [1.807, 2.05) is 24.3 Å². The Morgan fingerprint density at radius 2 is 1.79 bits per heavy atom. The molecule has 4 N–H and O–H groups in total. The number of hydrogen-bond donors (Lipinski definition) is 4. The number of halogens is 1. The second kappa shape index (κ2) is 7.73. The predicted molar refractivity (Wildman–Crippen MR) is 103 cm³/mol. The summed E-state index contributed by atoms with van der Waals surface area (Å²) >= 11 is 1.47. The molecule has 3 aromatic rings. The van der Waals surface area contributed by atoms with Crippen molar-refractivity contribution < 1.29 is 29.6 Å². The van der Waals surface area contributed by atoms with Crippen molar-refractivity contribution in [1.82, 2.24) is 4.98 Å². The number of fused-ring (bicyclic) bond motifs is 1. The van der Waals surface area contributed by atoms with Gasteiger partial charge in [0.1, 0.15) is 29.1 Å². The molecule has 1 aromatic heterocycles. The summed E-state index contributed by atoms with van der Waals surface area (Å²) in [7, 11) is 0. The normalized spacial score (nSPS) is 27.9. The van der Waals surface area contributed by atoms with Crippen molar-refractivity contribution in [3.05, 3.63) is 48.0 Å². The highest BCUT2D eigenvalue weighted by Crippen LogP contribution is 2.32. The average molecular weight is 405 g/mol. The number of aromatic hydroxyl groups is 1. The third kappa shape index (κ3) is 3.61. The van der Waals surface area contributed by atoms with E-state index in [1.165, 1.54) is 11.3 Å². The number of aliphatic hydroxyl groups excluding tert-OH is 3. The molecule has 6 nitrogen and oxygen atoms in total. The van der Waals surface area contributed by atoms with E-state index in [0.29, 0.717) is 0 Å². The second-order valence-corrected chi connectivity index (χ2v) is 7.92. The number of phenolic OH excluding ortho intramolecular Hbond substituents is 1. The summed E-state index contributed by atoms with van der Waals surface area (Å²) in [6.07, 6.45) is -6.53. The lowest BCUT2D eigenvalue weighted by molar-refractivity contribution is -0.211. The van der Waals surface area contributed by atoms with E-state index in [4.69, 9.17) is 4.74 Å². The van der Waals surface area contributed by atoms with E-state index in [0.717, 1.165) is 26.4 Å². The first kappa shape index (κ1) is 19.2. The Hall–Kier alpha value is -2.10. The molecule has 8 heteroatoms. The van der Waals surface area contributed by atoms with Crippen LogP contribution in [0.1, 0.15) is 5.56 Å². The molecule has 0 bridgehead atoms. The summed E-state index contributed by atoms with van der Waals surface area (Å²) in [5.74, 6) is 0.194. The van der Waals surface area contributed by atoms with Gasteiger partial charge in [0, 0.05) is 12.0 Å². The second-order valence-electron chi connectivity index (χ2n) is 6.89. The number of hydrogen-bond acceptors (Lipinski definition) is 7. The fourth-order valence-corrected chi connectivity index (χ4v) is 4.38. The number of alkyl halides is 1. The molecule has 28 heavy (non-hydrogen) atoms. The number of aromatic nitrogens is 1. The van der Waals surface area contributed by atoms with Crippen LogP contribution in [0.4, 0.5) is 4.39 Å². The number of benzene rings is 2. The number of aliphatic hydroxyl groups is 3. The molecule has 4 rings (SSSR count). The fourth-order valence-electron chi connectivity index (χ4n) is 3.37. The van der Waals surface area contributed by atoms with Crippen molar-refractivity contribution in [1.29, 1.82) is 0 Å². The average Bonchev–Trinajstić information content (AvgIpc) is 3.12. The molecule has 1 fully saturated rings. The molecule has 0 aliphatic carbocycles. The summed E-state index contributed by atoms with van der Waals surface area (Å²) in [5.41, 5.74) is 2.50. The maximum atomic E-state index is 14.3. The van der Waals surface area contributed by atoms with Crippen LogP contribution in [0.2, 0.25) is 0 Å². The maximum absolute atomic E-state index is 14.3. The quantitative estimate of drug-likeness (QED) is 0.530. The van der Waals surface area contributed by atoms with Gasteiger partial charge in [-0.3, -0.25) is 0 Å². The maximum Gasteiger partial charge on any atom is 0.155 e. The molecular weight excluding hydrogens is 385 g/mol. The highest BCUT2D eigenvalue weighted by atomic mass is 32.1. The van der Waals surface area contributed by atoms with Crippen LogP contribution in [0.25, 0.3) is 20.8 Å². The van der Waals surface area contributed by atoms with Crippen LogP contribution < -0.4 is 0 Å². The van der Waals surface area contributed by atoms with Crippen LogP contribution in [0.15, 0.2) is 42.5 Å². The van der Waals surface area contributed by atoms with E-state index in [1.54, 1.807) is 18.2 Å². The van der Waals surface area contributed by atoms with Gasteiger partial charge in [0.2, 0.25) is 0 Å². The molecule has 2 heterocycles. The minimum absolute atomic E-state index is 0.194. The van der Waals surface area contributed by atoms with E-state index in [-0.39, 0.29) is 12.2 Å². The third-order valence-corrected chi connectivity index (χ3v) is 6.02. The van der Waals surface area contributed by atoms with E-state index in [9.17, 15) is 24.8 Å². The van der Waals surface area contributed by atoms with Gasteiger partial charge in [0.15, 0.2) is 6.17 Å². The Labute approximate surface area is 164 Å². The zero-order chi connectivity index (χ0) is 19.8. The van der Waals surface area contributed by atoms with Crippen molar-refractivity contribution in [2.45, 2.75) is 37.0 Å². The number of rotatable bonds is 4. The van der Waals surface area contributed by atoms with Crippen molar-refractivity contribution >= 4 is 21.6 Å². The van der Waals surface area contributed by atoms with Crippen LogP contribution in [0, 0.1) is 0 Å². The van der Waals surface area contributed by atoms with Crippen molar-refractivity contribution in [3.63, 3.8) is 0 Å². The highest BCUT2D eigenvalue weighted by Gasteiger charge is 2.44. The van der Waals surface area contributed by atoms with Gasteiger partial charge in [-0.15, -0.1) is 11.3 Å². The van der Waals surface area contributed by atoms with Gasteiger partial charge in [-0.25, -0.2) is 9.37 Å². The van der Waals surface area contributed by atoms with Crippen molar-refractivity contribution in [2.75, 3.05) is 6.61 Å². The molecule has 1 aliphatic rings. The fraction of sp³-hybridized carbons (Fsp3) is 0.350. The van der Waals surface area contributed by atoms with Gasteiger partial charge in [0.05, 0.1) is 22.9 Å². The predicted octanol–water partition coefficient (Wildman–Crippen LogP) is 2.03. The lowest BCUT2D eigenvalue weighted by Crippen LogP contribution is -2.57. The van der Waals surface area contributed by atoms with E-state index >= 15 is 0 Å². The first-order chi connectivity index (χ1) is 13.5. The first-order valence-corrected chi connectivity index (χ1v) is 9.73. The number of ether oxygens (including phenoxy) is 1. The zero-order valence-electron chi connectivity index (χ0n) is 14.8. The molecule has 0 saturated carbocycles. The molecule has 1 saturated heterocycles. The summed E-state index contributed by atoms with van der Waals surface area (Å²) in [4.78, 5) is 4.55. The van der Waals surface area contributed by atoms with Gasteiger partial charge in [-0.1, -0.05) is 24.3 Å². The van der Waals surface area contributed by atoms with Crippen molar-refractivity contribution in [3.8, 4) is 16.3 Å². The third-order valence-electron chi connectivity index (χ3n) is 4.95. The number of nitrogens with zero attached hydrogens (tertiary/aromatic N) is 1. The van der Waals surface area contributed by atoms with Crippen molar-refractivity contribution in [2.24, 2.45) is 0 Å². The minimum atomic E-state index is -1.74. The summed E-state index contributed by atoms with van der Waals surface area (Å²) in [6.45, 7) is -0.493. The number of phenols is 1. The Bertz CT molecular complexity index is 961. The molecule has 0 radical (unpaired) electrons.